The molecule has 0 spiro atoms. The molecule has 0 saturated carbocycles. The smallest absolute Gasteiger partial charge is 0.435 e. The average Bonchev–Trinajstić information content (AvgIpc) is 4.00. The van der Waals surface area contributed by atoms with Gasteiger partial charge in [-0.3, -0.25) is 14.4 Å². The molecule has 2 aliphatic rings. The molecule has 3 amide bonds. The second-order valence-corrected chi connectivity index (χ2v) is 16.4. The van der Waals surface area contributed by atoms with Gasteiger partial charge in [-0.25, -0.2) is 19.4 Å². The number of carboxylic acid groups (broad SMARTS) is 1. The Hall–Kier alpha value is -5.87. The number of nitrogens with zero attached hydrogens (tertiary/aromatic N) is 8. The number of aromatic nitrogens is 6. The summed E-state index contributed by atoms with van der Waals surface area (Å²) in [6, 6.07) is 8.95. The highest BCUT2D eigenvalue weighted by Gasteiger charge is 2.41. The number of piperazine rings is 1. The molecular formula is C41H48ClF3N11O7+. The van der Waals surface area contributed by atoms with E-state index in [-0.39, 0.29) is 89.8 Å². The Balaban J connectivity index is 0.985. The van der Waals surface area contributed by atoms with E-state index in [0.29, 0.717) is 79.7 Å². The number of aliphatic hydroxyl groups excluding tert-OH is 2. The first-order valence-electron chi connectivity index (χ1n) is 20.4. The molecule has 7 N–H and O–H groups in total. The number of rotatable bonds is 14. The summed E-state index contributed by atoms with van der Waals surface area (Å²) >= 11 is 6.56. The molecule has 0 radical (unpaired) electrons. The van der Waals surface area contributed by atoms with Crippen LogP contribution >= 0.6 is 11.6 Å². The van der Waals surface area contributed by atoms with Gasteiger partial charge in [0.1, 0.15) is 0 Å². The second kappa shape index (κ2) is 18.5. The predicted molar refractivity (Wildman–Crippen MR) is 223 cm³/mol. The molecule has 4 aromatic heterocycles. The van der Waals surface area contributed by atoms with Gasteiger partial charge in [-0.15, -0.1) is 0 Å². The van der Waals surface area contributed by atoms with E-state index in [9.17, 15) is 47.7 Å². The fraction of sp³-hybridized carbons (Fsp3) is 0.439. The van der Waals surface area contributed by atoms with Gasteiger partial charge in [-0.2, -0.15) is 18.3 Å². The zero-order chi connectivity index (χ0) is 45.2. The number of imidazole rings is 1. The van der Waals surface area contributed by atoms with Crippen LogP contribution in [0.5, 0.6) is 0 Å². The number of benzene rings is 1. The number of alkyl halides is 3. The number of amides is 3. The molecule has 2 fully saturated rings. The summed E-state index contributed by atoms with van der Waals surface area (Å²) in [4.78, 5) is 66.9. The normalized spacial score (nSPS) is 18.3. The van der Waals surface area contributed by atoms with E-state index in [2.05, 4.69) is 25.4 Å². The molecule has 7 rings (SSSR count). The van der Waals surface area contributed by atoms with Crippen LogP contribution < -0.4 is 11.1 Å². The quantitative estimate of drug-likeness (QED) is 0.0886. The van der Waals surface area contributed by atoms with Gasteiger partial charge >= 0.3 is 12.1 Å². The number of likely N-dealkylation sites (tertiary alicyclic amines) is 1. The fourth-order valence-corrected chi connectivity index (χ4v) is 8.69. The number of nitrogens with two attached hydrogens (primary N) is 1. The third-order valence-electron chi connectivity index (χ3n) is 11.9. The van der Waals surface area contributed by atoms with Crippen molar-refractivity contribution in [2.24, 2.45) is 18.7 Å². The minimum absolute atomic E-state index is 0.00109. The van der Waals surface area contributed by atoms with Gasteiger partial charge in [0.05, 0.1) is 71.9 Å². The minimum atomic E-state index is -4.89. The maximum absolute atomic E-state index is 14.4. The standard InChI is InChI=1S/C41H47ClF3N11O7/c1-52-33(28-20-55(51-36(28)41(43,44)45)34-6-5-30-32(50-34)18-31(49-30)25(22-57)23-58)19-47-37(52)38(61)48-26-3-4-27(29(42)17-26)40(63)54-12-10-53(11-13-54)39(62)24-7-15-56(16-8-24,14-2-9-46)21-35(59)60/h3-6,17-20,24-25,57-58H,2,7-16,21-23,46H2,1H3,(H2-,48,49,50,59,60,61,63)/p+1. The Labute approximate surface area is 363 Å². The predicted octanol–water partition coefficient (Wildman–Crippen LogP) is 3.09. The van der Waals surface area contributed by atoms with Gasteiger partial charge in [-0.05, 0) is 42.9 Å². The van der Waals surface area contributed by atoms with Gasteiger partial charge < -0.3 is 50.2 Å². The van der Waals surface area contributed by atoms with E-state index in [4.69, 9.17) is 17.3 Å². The van der Waals surface area contributed by atoms with Gasteiger partial charge in [0.2, 0.25) is 5.91 Å². The third kappa shape index (κ3) is 9.56. The lowest BCUT2D eigenvalue weighted by Gasteiger charge is -2.44. The molecule has 0 aliphatic carbocycles. The fourth-order valence-electron chi connectivity index (χ4n) is 8.43. The van der Waals surface area contributed by atoms with E-state index in [1.807, 2.05) is 0 Å². The van der Waals surface area contributed by atoms with E-state index in [1.165, 1.54) is 35.9 Å². The number of fused-ring (bicyclic) bond motifs is 1. The number of hydrogen-bond acceptors (Lipinski definition) is 10. The molecule has 336 valence electrons. The number of anilines is 1. The first-order valence-corrected chi connectivity index (χ1v) is 20.8. The van der Waals surface area contributed by atoms with Crippen LogP contribution in [0.3, 0.4) is 0 Å². The number of H-pyrrole nitrogens is 1. The number of hydrogen-bond donors (Lipinski definition) is 6. The highest BCUT2D eigenvalue weighted by molar-refractivity contribution is 6.34. The molecule has 2 aliphatic heterocycles. The molecule has 63 heavy (non-hydrogen) atoms. The number of pyridine rings is 1. The first kappa shape index (κ1) is 45.2. The molecule has 18 nitrogen and oxygen atoms in total. The average molecular weight is 899 g/mol. The van der Waals surface area contributed by atoms with Crippen LogP contribution in [-0.4, -0.2) is 155 Å². The van der Waals surface area contributed by atoms with Crippen molar-refractivity contribution in [2.75, 3.05) is 77.4 Å². The summed E-state index contributed by atoms with van der Waals surface area (Å²) < 4.78 is 45.7. The topological polar surface area (TPSA) is 238 Å². The monoisotopic (exact) mass is 898 g/mol. The summed E-state index contributed by atoms with van der Waals surface area (Å²) in [6.45, 7) is 2.84. The molecule has 0 atom stereocenters. The van der Waals surface area contributed by atoms with E-state index >= 15 is 0 Å². The number of carbonyl (C=O) groups excluding carboxylic acids is 3. The van der Waals surface area contributed by atoms with Gasteiger partial charge in [0.25, 0.3) is 11.8 Å². The Kier molecular flexibility index (Phi) is 13.2. The highest BCUT2D eigenvalue weighted by atomic mass is 35.5. The lowest BCUT2D eigenvalue weighted by Crippen LogP contribution is -2.58. The number of carbonyl (C=O) groups is 4. The van der Waals surface area contributed by atoms with Crippen molar-refractivity contribution >= 4 is 52.0 Å². The molecule has 0 bridgehead atoms. The summed E-state index contributed by atoms with van der Waals surface area (Å²) in [7, 11) is 1.38. The lowest BCUT2D eigenvalue weighted by atomic mass is 9.92. The van der Waals surface area contributed by atoms with Crippen LogP contribution in [0.1, 0.15) is 57.5 Å². The van der Waals surface area contributed by atoms with Crippen molar-refractivity contribution in [3.8, 4) is 17.1 Å². The number of nitrogens with one attached hydrogen (secondary N) is 2. The number of halogens is 4. The Morgan fingerprint density at radius 1 is 1.03 bits per heavy atom. The van der Waals surface area contributed by atoms with E-state index < -0.39 is 29.7 Å². The van der Waals surface area contributed by atoms with Crippen LogP contribution in [0.25, 0.3) is 28.1 Å². The van der Waals surface area contributed by atoms with Crippen molar-refractivity contribution in [3.05, 3.63) is 76.6 Å². The third-order valence-corrected chi connectivity index (χ3v) is 12.3. The Morgan fingerprint density at radius 2 is 1.73 bits per heavy atom. The van der Waals surface area contributed by atoms with Crippen LogP contribution in [-0.2, 0) is 22.8 Å². The van der Waals surface area contributed by atoms with Crippen molar-refractivity contribution in [1.29, 1.82) is 0 Å². The zero-order valence-corrected chi connectivity index (χ0v) is 35.1. The zero-order valence-electron chi connectivity index (χ0n) is 34.3. The van der Waals surface area contributed by atoms with Crippen molar-refractivity contribution in [2.45, 2.75) is 31.4 Å². The first-order chi connectivity index (χ1) is 30.0. The van der Waals surface area contributed by atoms with Crippen LogP contribution in [0, 0.1) is 5.92 Å². The Morgan fingerprint density at radius 3 is 2.37 bits per heavy atom. The van der Waals surface area contributed by atoms with Crippen molar-refractivity contribution in [3.63, 3.8) is 0 Å². The molecule has 6 heterocycles. The van der Waals surface area contributed by atoms with Crippen LogP contribution in [0.4, 0.5) is 18.9 Å². The molecule has 2 saturated heterocycles. The summed E-state index contributed by atoms with van der Waals surface area (Å²) in [5.74, 6) is -2.98. The lowest BCUT2D eigenvalue weighted by molar-refractivity contribution is -0.926. The number of piperidine rings is 1. The largest absolute Gasteiger partial charge is 0.477 e. The van der Waals surface area contributed by atoms with E-state index in [1.54, 1.807) is 21.9 Å². The second-order valence-electron chi connectivity index (χ2n) is 16.0. The number of carboxylic acids is 1. The molecular weight excluding hydrogens is 851 g/mol. The SMILES string of the molecule is Cn1c(-c2cn(-c3ccc4[nH]c(C(CO)CO)cc4n3)nc2C(F)(F)F)cnc1C(=O)Nc1ccc(C(=O)N2CCN(C(=O)C3CC[N+](CCCN)(CC(=O)O)CC3)CC2)c(Cl)c1. The van der Waals surface area contributed by atoms with E-state index in [0.717, 1.165) is 17.1 Å². The van der Waals surface area contributed by atoms with Gasteiger partial charge in [0.15, 0.2) is 23.9 Å². The summed E-state index contributed by atoms with van der Waals surface area (Å²) in [5.41, 5.74) is 5.82. The van der Waals surface area contributed by atoms with Gasteiger partial charge in [0, 0.05) is 81.9 Å². The van der Waals surface area contributed by atoms with Crippen molar-refractivity contribution in [1.82, 2.24) is 39.1 Å². The van der Waals surface area contributed by atoms with Crippen LogP contribution in [0.15, 0.2) is 48.8 Å². The number of aromatic amines is 1. The number of aliphatic carboxylic acids is 1. The minimum Gasteiger partial charge on any atom is -0.477 e. The maximum Gasteiger partial charge on any atom is 0.435 e. The molecule has 0 unspecified atom stereocenters. The maximum atomic E-state index is 14.4. The van der Waals surface area contributed by atoms with Crippen molar-refractivity contribution < 1.29 is 52.2 Å². The molecule has 22 heteroatoms. The van der Waals surface area contributed by atoms with Crippen LogP contribution in [0.2, 0.25) is 5.02 Å². The Bertz CT molecular complexity index is 2500. The molecule has 5 aromatic rings. The highest BCUT2D eigenvalue weighted by Crippen LogP contribution is 2.37. The summed E-state index contributed by atoms with van der Waals surface area (Å²) in [6.07, 6.45) is -0.772. The number of quaternary nitrogens is 1. The molecule has 1 aromatic carbocycles. The summed E-state index contributed by atoms with van der Waals surface area (Å²) in [5, 5.41) is 35.1. The van der Waals surface area contributed by atoms with Gasteiger partial charge in [-0.1, -0.05) is 11.6 Å². The number of aliphatic hydroxyl groups is 2.